The number of aromatic nitrogens is 2. The highest BCUT2D eigenvalue weighted by Gasteiger charge is 2.11. The predicted octanol–water partition coefficient (Wildman–Crippen LogP) is 12.1. The monoisotopic (exact) mass is 638 g/mol. The van der Waals surface area contributed by atoms with Gasteiger partial charge >= 0.3 is 0 Å². The summed E-state index contributed by atoms with van der Waals surface area (Å²) in [5.41, 5.74) is 5.90. The van der Waals surface area contributed by atoms with Gasteiger partial charge in [-0.25, -0.2) is 14.4 Å². The maximum Gasteiger partial charge on any atom is 0.227 e. The SMILES string of the molecule is CC/C=C(/c1ccc(CC)cc1)c1cnc(Nc2cc(F)cc(Cl)c2)nc1C.CCCC(C)CCC.CCCCN(C)CCC. The highest BCUT2D eigenvalue weighted by Crippen LogP contribution is 2.27. The van der Waals surface area contributed by atoms with Crippen LogP contribution in [0.15, 0.2) is 54.7 Å². The summed E-state index contributed by atoms with van der Waals surface area (Å²) in [7, 11) is 2.19. The lowest BCUT2D eigenvalue weighted by atomic mass is 9.96. The molecule has 6 heteroatoms. The summed E-state index contributed by atoms with van der Waals surface area (Å²) in [5, 5.41) is 3.33. The fraction of sp³-hybridized carbons (Fsp3) is 0.538. The van der Waals surface area contributed by atoms with Gasteiger partial charge in [0.25, 0.3) is 0 Å². The van der Waals surface area contributed by atoms with Gasteiger partial charge in [0.05, 0.1) is 5.69 Å². The zero-order valence-corrected chi connectivity index (χ0v) is 30.4. The van der Waals surface area contributed by atoms with Gasteiger partial charge in [-0.05, 0) is 93.6 Å². The Hall–Kier alpha value is -2.76. The van der Waals surface area contributed by atoms with Gasteiger partial charge < -0.3 is 10.2 Å². The van der Waals surface area contributed by atoms with E-state index in [0.29, 0.717) is 16.7 Å². The first-order chi connectivity index (χ1) is 21.6. The summed E-state index contributed by atoms with van der Waals surface area (Å²) in [6.45, 7) is 20.0. The maximum absolute atomic E-state index is 13.5. The second-order valence-corrected chi connectivity index (χ2v) is 12.3. The molecule has 1 heterocycles. The lowest BCUT2D eigenvalue weighted by molar-refractivity contribution is 0.329. The second kappa shape index (κ2) is 23.6. The number of rotatable bonds is 15. The van der Waals surface area contributed by atoms with E-state index < -0.39 is 5.82 Å². The van der Waals surface area contributed by atoms with E-state index in [-0.39, 0.29) is 0 Å². The van der Waals surface area contributed by atoms with Crippen LogP contribution >= 0.6 is 11.6 Å². The lowest BCUT2D eigenvalue weighted by Gasteiger charge is -2.13. The Labute approximate surface area is 279 Å². The number of hydrogen-bond donors (Lipinski definition) is 1. The van der Waals surface area contributed by atoms with E-state index in [1.54, 1.807) is 12.3 Å². The summed E-state index contributed by atoms with van der Waals surface area (Å²) in [5.74, 6) is 0.956. The van der Waals surface area contributed by atoms with Crippen LogP contribution in [-0.2, 0) is 6.42 Å². The molecule has 0 fully saturated rings. The predicted molar refractivity (Wildman–Crippen MR) is 196 cm³/mol. The van der Waals surface area contributed by atoms with Crippen LogP contribution in [0, 0.1) is 18.7 Å². The molecule has 4 nitrogen and oxygen atoms in total. The van der Waals surface area contributed by atoms with Crippen LogP contribution in [0.4, 0.5) is 16.0 Å². The first-order valence-electron chi connectivity index (χ1n) is 17.2. The zero-order chi connectivity index (χ0) is 33.6. The van der Waals surface area contributed by atoms with Gasteiger partial charge in [-0.2, -0.15) is 0 Å². The Kier molecular flexibility index (Phi) is 21.1. The lowest BCUT2D eigenvalue weighted by Crippen LogP contribution is -2.19. The Morgan fingerprint density at radius 3 is 2.11 bits per heavy atom. The van der Waals surface area contributed by atoms with Gasteiger partial charge in [0, 0.05) is 22.5 Å². The van der Waals surface area contributed by atoms with Crippen LogP contribution in [0.1, 0.15) is 122 Å². The average Bonchev–Trinajstić information content (AvgIpc) is 3.00. The number of unbranched alkanes of at least 4 members (excludes halogenated alkanes) is 1. The molecule has 2 aromatic carbocycles. The van der Waals surface area contributed by atoms with Gasteiger partial charge in [-0.3, -0.25) is 0 Å². The molecule has 0 unspecified atom stereocenters. The van der Waals surface area contributed by atoms with Crippen molar-refractivity contribution in [3.8, 4) is 0 Å². The molecule has 0 saturated heterocycles. The second-order valence-electron chi connectivity index (χ2n) is 11.9. The van der Waals surface area contributed by atoms with E-state index in [4.69, 9.17) is 11.6 Å². The molecule has 0 aliphatic rings. The highest BCUT2D eigenvalue weighted by molar-refractivity contribution is 6.30. The zero-order valence-electron chi connectivity index (χ0n) is 29.6. The average molecular weight is 639 g/mol. The van der Waals surface area contributed by atoms with Crippen molar-refractivity contribution in [2.24, 2.45) is 5.92 Å². The number of nitrogens with one attached hydrogen (secondary N) is 1. The van der Waals surface area contributed by atoms with Gasteiger partial charge in [0.2, 0.25) is 5.95 Å². The standard InChI is InChI=1S/C23H23ClFN3.C8H19N.C8H18/c1-4-6-21(17-9-7-16(5-2)8-10-17)22-14-26-23(27-15(22)3)28-20-12-18(24)11-19(25)13-20;1-4-6-8-9(3)7-5-2;1-4-6-8(3)7-5-2/h6-14H,4-5H2,1-3H3,(H,26,27,28);4-8H2,1-3H3;8H,4-7H2,1-3H3/b21-6-;;. The normalized spacial score (nSPS) is 11.2. The molecule has 250 valence electrons. The van der Waals surface area contributed by atoms with Crippen molar-refractivity contribution in [3.05, 3.63) is 88.0 Å². The van der Waals surface area contributed by atoms with Crippen LogP contribution in [0.2, 0.25) is 5.02 Å². The summed E-state index contributed by atoms with van der Waals surface area (Å²) in [6.07, 6.45) is 15.4. The summed E-state index contributed by atoms with van der Waals surface area (Å²) in [6, 6.07) is 12.8. The van der Waals surface area contributed by atoms with Crippen LogP contribution in [-0.4, -0.2) is 35.0 Å². The molecule has 45 heavy (non-hydrogen) atoms. The molecule has 1 aromatic heterocycles. The summed E-state index contributed by atoms with van der Waals surface area (Å²) in [4.78, 5) is 11.4. The molecule has 0 saturated carbocycles. The fourth-order valence-corrected chi connectivity index (χ4v) is 5.33. The third-order valence-corrected chi connectivity index (χ3v) is 7.75. The van der Waals surface area contributed by atoms with Crippen molar-refractivity contribution in [3.63, 3.8) is 0 Å². The number of anilines is 2. The fourth-order valence-electron chi connectivity index (χ4n) is 5.11. The molecule has 1 N–H and O–H groups in total. The molecular formula is C39H60ClFN4. The van der Waals surface area contributed by atoms with Gasteiger partial charge in [-0.15, -0.1) is 0 Å². The molecular weight excluding hydrogens is 579 g/mol. The van der Waals surface area contributed by atoms with Crippen molar-refractivity contribution in [1.82, 2.24) is 14.9 Å². The van der Waals surface area contributed by atoms with Crippen molar-refractivity contribution in [2.45, 2.75) is 113 Å². The summed E-state index contributed by atoms with van der Waals surface area (Å²) >= 11 is 5.91. The van der Waals surface area contributed by atoms with E-state index in [1.165, 1.54) is 75.7 Å². The summed E-state index contributed by atoms with van der Waals surface area (Å²) < 4.78 is 13.5. The Balaban J connectivity index is 0.000000490. The Morgan fingerprint density at radius 2 is 1.60 bits per heavy atom. The minimum atomic E-state index is -0.410. The van der Waals surface area contributed by atoms with Crippen molar-refractivity contribution in [1.29, 1.82) is 0 Å². The molecule has 0 radical (unpaired) electrons. The highest BCUT2D eigenvalue weighted by atomic mass is 35.5. The number of allylic oxidation sites excluding steroid dienone is 1. The van der Waals surface area contributed by atoms with E-state index in [9.17, 15) is 4.39 Å². The number of benzene rings is 2. The largest absolute Gasteiger partial charge is 0.324 e. The van der Waals surface area contributed by atoms with Crippen molar-refractivity contribution in [2.75, 3.05) is 25.5 Å². The molecule has 0 aliphatic carbocycles. The number of hydrogen-bond acceptors (Lipinski definition) is 4. The van der Waals surface area contributed by atoms with Gasteiger partial charge in [0.1, 0.15) is 5.82 Å². The van der Waals surface area contributed by atoms with E-state index in [2.05, 4.69) is 106 Å². The molecule has 0 atom stereocenters. The first kappa shape index (κ1) is 40.3. The number of halogens is 2. The van der Waals surface area contributed by atoms with Crippen molar-refractivity contribution < 1.29 is 4.39 Å². The van der Waals surface area contributed by atoms with E-state index in [0.717, 1.165) is 41.2 Å². The maximum atomic E-state index is 13.5. The van der Waals surface area contributed by atoms with E-state index in [1.807, 2.05) is 6.92 Å². The third-order valence-electron chi connectivity index (χ3n) is 7.53. The molecule has 0 spiro atoms. The molecule has 3 rings (SSSR count). The first-order valence-corrected chi connectivity index (χ1v) is 17.5. The molecule has 3 aromatic rings. The molecule has 0 bridgehead atoms. The number of nitrogens with zero attached hydrogens (tertiary/aromatic N) is 3. The Bertz CT molecular complexity index is 1220. The van der Waals surface area contributed by atoms with E-state index >= 15 is 0 Å². The Morgan fingerprint density at radius 1 is 0.933 bits per heavy atom. The smallest absolute Gasteiger partial charge is 0.227 e. The van der Waals surface area contributed by atoms with Crippen LogP contribution in [0.25, 0.3) is 5.57 Å². The van der Waals surface area contributed by atoms with Gasteiger partial charge in [0.15, 0.2) is 0 Å². The minimum Gasteiger partial charge on any atom is -0.324 e. The topological polar surface area (TPSA) is 41.1 Å². The van der Waals surface area contributed by atoms with Crippen LogP contribution in [0.5, 0.6) is 0 Å². The molecule has 0 aliphatic heterocycles. The van der Waals surface area contributed by atoms with Crippen molar-refractivity contribution >= 4 is 28.8 Å². The number of aryl methyl sites for hydroxylation is 2. The quantitative estimate of drug-likeness (QED) is 0.180. The van der Waals surface area contributed by atoms with Crippen LogP contribution in [0.3, 0.4) is 0 Å². The molecule has 0 amide bonds. The van der Waals surface area contributed by atoms with Crippen LogP contribution < -0.4 is 5.32 Å². The van der Waals surface area contributed by atoms with Gasteiger partial charge in [-0.1, -0.05) is 123 Å². The third kappa shape index (κ3) is 16.4. The minimum absolute atomic E-state index is 0.319.